The molecule has 0 unspecified atom stereocenters. The minimum absolute atomic E-state index is 0.0712. The zero-order valence-corrected chi connectivity index (χ0v) is 21.4. The quantitative estimate of drug-likeness (QED) is 0.351. The lowest BCUT2D eigenvalue weighted by atomic mass is 10.1. The minimum Gasteiger partial charge on any atom is -0.486 e. The SMILES string of the molecule is C=C[C@@H](C/C=C(\C)NC(=O)Nc1cccc(C)c1)OC1=C[C@@H](c2cc(C(=O)N3CCCC3)c[nH]2)NC=C1. The molecule has 1 aromatic heterocycles. The number of aromatic nitrogens is 1. The molecule has 8 nitrogen and oxygen atoms in total. The highest BCUT2D eigenvalue weighted by Crippen LogP contribution is 2.23. The molecule has 3 heterocycles. The molecule has 4 rings (SSSR count). The fourth-order valence-electron chi connectivity index (χ4n) is 4.35. The number of H-pyrrole nitrogens is 1. The standard InChI is InChI=1S/C29H35N5O3/c1-4-24(11-10-21(3)32-29(36)33-23-9-7-8-20(2)16-23)37-25-12-13-30-27(18-25)26-17-22(19-31-26)28(35)34-14-5-6-15-34/h4,7-10,12-13,16-19,24,27,30-31H,1,5-6,11,14-15H2,2-3H3,(H2,32,33,36)/b21-10+/t24-,27-/m0/s1. The van der Waals surface area contributed by atoms with Gasteiger partial charge in [0.1, 0.15) is 11.9 Å². The number of anilines is 1. The Labute approximate surface area is 218 Å². The summed E-state index contributed by atoms with van der Waals surface area (Å²) in [5.74, 6) is 0.772. The predicted molar refractivity (Wildman–Crippen MR) is 146 cm³/mol. The number of likely N-dealkylation sites (tertiary alicyclic amines) is 1. The number of ether oxygens (including phenoxy) is 1. The third-order valence-electron chi connectivity index (χ3n) is 6.33. The van der Waals surface area contributed by atoms with Gasteiger partial charge in [0.15, 0.2) is 0 Å². The van der Waals surface area contributed by atoms with E-state index in [2.05, 4.69) is 27.5 Å². The molecule has 0 radical (unpaired) electrons. The first-order chi connectivity index (χ1) is 17.9. The number of carbonyl (C=O) groups is 2. The van der Waals surface area contributed by atoms with Crippen LogP contribution in [0.4, 0.5) is 10.5 Å². The van der Waals surface area contributed by atoms with Gasteiger partial charge in [-0.15, -0.1) is 0 Å². The third kappa shape index (κ3) is 7.16. The average molecular weight is 502 g/mol. The molecule has 0 saturated carbocycles. The first-order valence-electron chi connectivity index (χ1n) is 12.6. The Morgan fingerprint density at radius 2 is 2.08 bits per heavy atom. The molecule has 8 heteroatoms. The second-order valence-corrected chi connectivity index (χ2v) is 9.35. The molecule has 2 aliphatic rings. The molecular formula is C29H35N5O3. The molecule has 1 aromatic carbocycles. The smallest absolute Gasteiger partial charge is 0.323 e. The van der Waals surface area contributed by atoms with Crippen LogP contribution in [-0.4, -0.2) is 41.0 Å². The molecule has 0 bridgehead atoms. The number of nitrogens with one attached hydrogen (secondary N) is 4. The molecular weight excluding hydrogens is 466 g/mol. The van der Waals surface area contributed by atoms with Gasteiger partial charge in [0.2, 0.25) is 0 Å². The van der Waals surface area contributed by atoms with Gasteiger partial charge in [-0.1, -0.05) is 30.9 Å². The number of amides is 3. The maximum absolute atomic E-state index is 12.7. The molecule has 2 atom stereocenters. The lowest BCUT2D eigenvalue weighted by Crippen LogP contribution is -2.27. The van der Waals surface area contributed by atoms with Crippen LogP contribution in [0, 0.1) is 6.92 Å². The fourth-order valence-corrected chi connectivity index (χ4v) is 4.35. The molecule has 2 aromatic rings. The van der Waals surface area contributed by atoms with Gasteiger partial charge in [-0.05, 0) is 62.6 Å². The number of hydrogen-bond donors (Lipinski definition) is 4. The van der Waals surface area contributed by atoms with Crippen LogP contribution in [0.15, 0.2) is 85.1 Å². The topological polar surface area (TPSA) is 98.5 Å². The molecule has 1 saturated heterocycles. The largest absolute Gasteiger partial charge is 0.486 e. The molecule has 194 valence electrons. The number of carbonyl (C=O) groups excluding carboxylic acids is 2. The van der Waals surface area contributed by atoms with Crippen molar-refractivity contribution in [2.45, 2.75) is 45.3 Å². The Kier molecular flexibility index (Phi) is 8.51. The van der Waals surface area contributed by atoms with Crippen molar-refractivity contribution < 1.29 is 14.3 Å². The Morgan fingerprint density at radius 3 is 2.84 bits per heavy atom. The maximum Gasteiger partial charge on any atom is 0.323 e. The summed E-state index contributed by atoms with van der Waals surface area (Å²) < 4.78 is 6.15. The number of urea groups is 1. The van der Waals surface area contributed by atoms with E-state index in [4.69, 9.17) is 4.74 Å². The van der Waals surface area contributed by atoms with E-state index in [1.807, 2.05) is 73.5 Å². The maximum atomic E-state index is 12.7. The number of dihydropyridines is 1. The van der Waals surface area contributed by atoms with E-state index in [0.717, 1.165) is 48.6 Å². The van der Waals surface area contributed by atoms with E-state index in [0.29, 0.717) is 17.7 Å². The Bertz CT molecular complexity index is 1220. The summed E-state index contributed by atoms with van der Waals surface area (Å²) in [7, 11) is 0. The average Bonchev–Trinajstić information content (AvgIpc) is 3.59. The van der Waals surface area contributed by atoms with Crippen molar-refractivity contribution in [3.8, 4) is 0 Å². The van der Waals surface area contributed by atoms with Gasteiger partial charge in [-0.3, -0.25) is 4.79 Å². The lowest BCUT2D eigenvalue weighted by molar-refractivity contribution is 0.0793. The van der Waals surface area contributed by atoms with Crippen LogP contribution in [0.25, 0.3) is 0 Å². The minimum atomic E-state index is -0.296. The lowest BCUT2D eigenvalue weighted by Gasteiger charge is -2.21. The van der Waals surface area contributed by atoms with E-state index >= 15 is 0 Å². The monoisotopic (exact) mass is 501 g/mol. The van der Waals surface area contributed by atoms with Crippen LogP contribution in [-0.2, 0) is 4.74 Å². The van der Waals surface area contributed by atoms with Crippen LogP contribution in [0.5, 0.6) is 0 Å². The number of hydrogen-bond acceptors (Lipinski definition) is 4. The van der Waals surface area contributed by atoms with Crippen LogP contribution in [0.1, 0.15) is 53.8 Å². The van der Waals surface area contributed by atoms with Crippen molar-refractivity contribution in [3.05, 3.63) is 102 Å². The van der Waals surface area contributed by atoms with E-state index in [1.54, 1.807) is 12.3 Å². The van der Waals surface area contributed by atoms with Gasteiger partial charge in [-0.2, -0.15) is 0 Å². The number of allylic oxidation sites excluding steroid dienone is 2. The van der Waals surface area contributed by atoms with Gasteiger partial charge in [0, 0.05) is 49.0 Å². The number of aryl methyl sites for hydroxylation is 1. The van der Waals surface area contributed by atoms with Gasteiger partial charge >= 0.3 is 6.03 Å². The summed E-state index contributed by atoms with van der Waals surface area (Å²) in [6.07, 6.45) is 13.5. The molecule has 0 aliphatic carbocycles. The normalized spacial score (nSPS) is 18.0. The molecule has 1 fully saturated rings. The zero-order valence-electron chi connectivity index (χ0n) is 21.4. The van der Waals surface area contributed by atoms with Crippen molar-refractivity contribution in [2.75, 3.05) is 18.4 Å². The fraction of sp³-hybridized carbons (Fsp3) is 0.310. The summed E-state index contributed by atoms with van der Waals surface area (Å²) in [5.41, 5.74) is 4.10. The van der Waals surface area contributed by atoms with Crippen LogP contribution in [0.2, 0.25) is 0 Å². The number of benzene rings is 1. The summed E-state index contributed by atoms with van der Waals surface area (Å²) in [4.78, 5) is 30.1. The number of rotatable bonds is 9. The highest BCUT2D eigenvalue weighted by molar-refractivity contribution is 5.94. The van der Waals surface area contributed by atoms with Crippen molar-refractivity contribution in [1.29, 1.82) is 0 Å². The van der Waals surface area contributed by atoms with Crippen LogP contribution in [0.3, 0.4) is 0 Å². The first-order valence-corrected chi connectivity index (χ1v) is 12.6. The molecule has 2 aliphatic heterocycles. The second-order valence-electron chi connectivity index (χ2n) is 9.35. The van der Waals surface area contributed by atoms with Gasteiger partial charge in [-0.25, -0.2) is 4.79 Å². The Morgan fingerprint density at radius 1 is 1.27 bits per heavy atom. The summed E-state index contributed by atoms with van der Waals surface area (Å²) in [5, 5.41) is 8.96. The highest BCUT2D eigenvalue weighted by atomic mass is 16.5. The van der Waals surface area contributed by atoms with Crippen molar-refractivity contribution in [1.82, 2.24) is 20.5 Å². The van der Waals surface area contributed by atoms with Crippen LogP contribution < -0.4 is 16.0 Å². The van der Waals surface area contributed by atoms with E-state index in [-0.39, 0.29) is 24.1 Å². The van der Waals surface area contributed by atoms with Gasteiger partial charge in [0.25, 0.3) is 5.91 Å². The summed E-state index contributed by atoms with van der Waals surface area (Å²) in [6, 6.07) is 9.09. The number of aromatic amines is 1. The summed E-state index contributed by atoms with van der Waals surface area (Å²) in [6.45, 7) is 9.36. The highest BCUT2D eigenvalue weighted by Gasteiger charge is 2.22. The van der Waals surface area contributed by atoms with E-state index in [1.165, 1.54) is 0 Å². The molecule has 0 spiro atoms. The molecule has 37 heavy (non-hydrogen) atoms. The Hall–Kier alpha value is -4.20. The predicted octanol–water partition coefficient (Wildman–Crippen LogP) is 5.29. The van der Waals surface area contributed by atoms with Crippen molar-refractivity contribution >= 4 is 17.6 Å². The van der Waals surface area contributed by atoms with Crippen molar-refractivity contribution in [3.63, 3.8) is 0 Å². The zero-order chi connectivity index (χ0) is 26.2. The number of nitrogens with zero attached hydrogens (tertiary/aromatic N) is 1. The van der Waals surface area contributed by atoms with Gasteiger partial charge < -0.3 is 30.6 Å². The first kappa shape index (κ1) is 25.9. The van der Waals surface area contributed by atoms with Crippen molar-refractivity contribution in [2.24, 2.45) is 0 Å². The molecule has 4 N–H and O–H groups in total. The molecule has 3 amide bonds. The summed E-state index contributed by atoms with van der Waals surface area (Å²) >= 11 is 0. The van der Waals surface area contributed by atoms with Crippen LogP contribution >= 0.6 is 0 Å². The van der Waals surface area contributed by atoms with E-state index in [9.17, 15) is 9.59 Å². The van der Waals surface area contributed by atoms with Gasteiger partial charge in [0.05, 0.1) is 11.6 Å². The Balaban J connectivity index is 1.31. The van der Waals surface area contributed by atoms with E-state index < -0.39 is 0 Å². The third-order valence-corrected chi connectivity index (χ3v) is 6.33. The second kappa shape index (κ2) is 12.2.